The van der Waals surface area contributed by atoms with Gasteiger partial charge in [-0.1, -0.05) is 75.9 Å². The molecule has 0 aromatic heterocycles. The molecule has 1 unspecified atom stereocenters. The Kier molecular flexibility index (Phi) is 19.4. The van der Waals surface area contributed by atoms with Crippen molar-refractivity contribution in [1.82, 2.24) is 0 Å². The number of allylic oxidation sites excluding steroid dienone is 6. The van der Waals surface area contributed by atoms with Gasteiger partial charge in [0.1, 0.15) is 6.67 Å². The van der Waals surface area contributed by atoms with Gasteiger partial charge >= 0.3 is 0 Å². The first kappa shape index (κ1) is 34.2. The Hall–Kier alpha value is -1.98. The third kappa shape index (κ3) is 11.9. The summed E-state index contributed by atoms with van der Waals surface area (Å²) in [4.78, 5) is 16.2. The van der Waals surface area contributed by atoms with Crippen molar-refractivity contribution in [1.29, 1.82) is 0 Å². The van der Waals surface area contributed by atoms with E-state index >= 15 is 0 Å². The number of halogens is 1. The largest absolute Gasteiger partial charge is 0.366 e. The zero-order chi connectivity index (χ0) is 26.7. The second-order valence-electron chi connectivity index (χ2n) is 7.99. The predicted molar refractivity (Wildman–Crippen MR) is 151 cm³/mol. The average Bonchev–Trinajstić information content (AvgIpc) is 3.30. The summed E-state index contributed by atoms with van der Waals surface area (Å²) in [6.07, 6.45) is 11.4. The Morgan fingerprint density at radius 2 is 1.74 bits per heavy atom. The lowest BCUT2D eigenvalue weighted by Crippen LogP contribution is -2.24. The van der Waals surface area contributed by atoms with Crippen LogP contribution in [0.5, 0.6) is 0 Å². The van der Waals surface area contributed by atoms with Crippen LogP contribution in [0.15, 0.2) is 76.2 Å². The third-order valence-electron chi connectivity index (χ3n) is 5.11. The van der Waals surface area contributed by atoms with E-state index in [0.29, 0.717) is 17.1 Å². The van der Waals surface area contributed by atoms with Gasteiger partial charge in [0, 0.05) is 0 Å². The van der Waals surface area contributed by atoms with Crippen molar-refractivity contribution >= 4 is 22.7 Å². The SMILES string of the molecule is C/C=C(CF)/C(C)=C1\SC(CCC)=NC1=O.C/C=C\C.C=C1COC(C)(CCC)C1=C.C=CC. The van der Waals surface area contributed by atoms with Gasteiger partial charge in [0.15, 0.2) is 0 Å². The number of carbonyl (C=O) groups is 1. The quantitative estimate of drug-likeness (QED) is 0.275. The number of amides is 1. The van der Waals surface area contributed by atoms with Crippen LogP contribution in [-0.4, -0.2) is 29.8 Å². The molecular formula is C29H46FNO2S. The van der Waals surface area contributed by atoms with Crippen molar-refractivity contribution < 1.29 is 13.9 Å². The van der Waals surface area contributed by atoms with Gasteiger partial charge in [0.25, 0.3) is 5.91 Å². The molecule has 3 nitrogen and oxygen atoms in total. The molecule has 0 N–H and O–H groups in total. The zero-order valence-corrected chi connectivity index (χ0v) is 23.5. The Morgan fingerprint density at radius 3 is 2.09 bits per heavy atom. The van der Waals surface area contributed by atoms with Crippen LogP contribution in [-0.2, 0) is 9.53 Å². The van der Waals surface area contributed by atoms with Gasteiger partial charge in [-0.15, -0.1) is 6.58 Å². The first-order valence-corrected chi connectivity index (χ1v) is 12.8. The summed E-state index contributed by atoms with van der Waals surface area (Å²) in [7, 11) is 0. The molecule has 0 radical (unpaired) electrons. The molecule has 0 aromatic carbocycles. The smallest absolute Gasteiger partial charge is 0.284 e. The van der Waals surface area contributed by atoms with Gasteiger partial charge < -0.3 is 4.74 Å². The number of rotatable bonds is 6. The van der Waals surface area contributed by atoms with Gasteiger partial charge in [-0.2, -0.15) is 0 Å². The highest BCUT2D eigenvalue weighted by atomic mass is 32.2. The van der Waals surface area contributed by atoms with Gasteiger partial charge in [0.05, 0.1) is 22.2 Å². The molecule has 2 rings (SSSR count). The Balaban J connectivity index is 0. The fourth-order valence-electron chi connectivity index (χ4n) is 2.94. The standard InChI is InChI=1S/C12H16FNOS.C10H16O.C4H8.C3H6/c1-4-6-10-14-12(15)11(16-10)8(3)9(5-2)7-13;1-5-6-10(4)9(3)8(2)7-11-10;1-3-4-2;1-3-2/h5H,4,6-7H2,1-3H3;2-3,5-7H2,1,4H3;3-4H,1-2H3;3H,1H2,2H3/b9-5+,11-8-;;4-3-;. The highest BCUT2D eigenvalue weighted by molar-refractivity contribution is 8.18. The van der Waals surface area contributed by atoms with E-state index in [9.17, 15) is 9.18 Å². The summed E-state index contributed by atoms with van der Waals surface area (Å²) < 4.78 is 18.3. The Morgan fingerprint density at radius 1 is 1.18 bits per heavy atom. The maximum atomic E-state index is 12.7. The van der Waals surface area contributed by atoms with Crippen LogP contribution in [0.2, 0.25) is 0 Å². The average molecular weight is 492 g/mol. The monoisotopic (exact) mass is 491 g/mol. The molecule has 0 bridgehead atoms. The van der Waals surface area contributed by atoms with Crippen LogP contribution in [0.3, 0.4) is 0 Å². The first-order valence-electron chi connectivity index (χ1n) is 11.9. The summed E-state index contributed by atoms with van der Waals surface area (Å²) in [5, 5.41) is 0.844. The molecule has 5 heteroatoms. The van der Waals surface area contributed by atoms with Crippen molar-refractivity contribution in [3.05, 3.63) is 71.2 Å². The van der Waals surface area contributed by atoms with E-state index in [4.69, 9.17) is 4.74 Å². The van der Waals surface area contributed by atoms with E-state index in [-0.39, 0.29) is 11.5 Å². The number of carbonyl (C=O) groups excluding carboxylic acids is 1. The van der Waals surface area contributed by atoms with Crippen LogP contribution in [0.1, 0.15) is 81.1 Å². The summed E-state index contributed by atoms with van der Waals surface area (Å²) >= 11 is 1.38. The third-order valence-corrected chi connectivity index (χ3v) is 6.33. The molecule has 0 spiro atoms. The molecule has 2 aliphatic rings. The van der Waals surface area contributed by atoms with Crippen LogP contribution < -0.4 is 0 Å². The highest BCUT2D eigenvalue weighted by Gasteiger charge is 2.34. The number of ether oxygens (including phenoxy) is 1. The van der Waals surface area contributed by atoms with Crippen LogP contribution in [0.25, 0.3) is 0 Å². The molecule has 0 aliphatic carbocycles. The number of hydrogen-bond donors (Lipinski definition) is 0. The number of aliphatic imine (C=N–C) groups is 1. The van der Waals surface area contributed by atoms with Crippen molar-refractivity contribution in [2.45, 2.75) is 86.7 Å². The fourth-order valence-corrected chi connectivity index (χ4v) is 4.03. The van der Waals surface area contributed by atoms with Crippen molar-refractivity contribution in [2.75, 3.05) is 13.3 Å². The number of hydrogen-bond acceptors (Lipinski definition) is 3. The topological polar surface area (TPSA) is 38.7 Å². The van der Waals surface area contributed by atoms with Gasteiger partial charge in [-0.05, 0) is 76.7 Å². The molecule has 0 aromatic rings. The minimum Gasteiger partial charge on any atom is -0.366 e. The van der Waals surface area contributed by atoms with Crippen molar-refractivity contribution in [3.63, 3.8) is 0 Å². The molecule has 192 valence electrons. The van der Waals surface area contributed by atoms with Crippen molar-refractivity contribution in [2.24, 2.45) is 4.99 Å². The second-order valence-corrected chi connectivity index (χ2v) is 9.07. The van der Waals surface area contributed by atoms with Gasteiger partial charge in [-0.3, -0.25) is 4.79 Å². The lowest BCUT2D eigenvalue weighted by Gasteiger charge is -2.23. The fraction of sp³-hybridized carbons (Fsp3) is 0.517. The van der Waals surface area contributed by atoms with Crippen LogP contribution in [0.4, 0.5) is 4.39 Å². The zero-order valence-electron chi connectivity index (χ0n) is 22.7. The second kappa shape index (κ2) is 19.3. The highest BCUT2D eigenvalue weighted by Crippen LogP contribution is 2.36. The van der Waals surface area contributed by atoms with Crippen LogP contribution in [0, 0.1) is 0 Å². The molecule has 2 aliphatic heterocycles. The number of alkyl halides is 1. The van der Waals surface area contributed by atoms with Crippen molar-refractivity contribution in [3.8, 4) is 0 Å². The normalized spacial score (nSPS) is 21.1. The molecule has 1 amide bonds. The minimum absolute atomic E-state index is 0.119. The molecule has 2 heterocycles. The number of thioether (sulfide) groups is 1. The van der Waals surface area contributed by atoms with Gasteiger partial charge in [-0.25, -0.2) is 9.38 Å². The lowest BCUT2D eigenvalue weighted by molar-refractivity contribution is -0.113. The summed E-state index contributed by atoms with van der Waals surface area (Å²) in [6.45, 7) is 27.1. The summed E-state index contributed by atoms with van der Waals surface area (Å²) in [5.41, 5.74) is 3.31. The van der Waals surface area contributed by atoms with Crippen LogP contribution >= 0.6 is 11.8 Å². The predicted octanol–water partition coefficient (Wildman–Crippen LogP) is 9.11. The Labute approximate surface area is 212 Å². The molecule has 1 fully saturated rings. The summed E-state index contributed by atoms with van der Waals surface area (Å²) in [6, 6.07) is 0. The maximum Gasteiger partial charge on any atom is 0.284 e. The van der Waals surface area contributed by atoms with E-state index < -0.39 is 6.67 Å². The van der Waals surface area contributed by atoms with Gasteiger partial charge in [0.2, 0.25) is 0 Å². The molecule has 34 heavy (non-hydrogen) atoms. The van der Waals surface area contributed by atoms with E-state index in [1.165, 1.54) is 11.8 Å². The van der Waals surface area contributed by atoms with E-state index in [0.717, 1.165) is 47.4 Å². The number of nitrogens with zero attached hydrogens (tertiary/aromatic N) is 1. The maximum absolute atomic E-state index is 12.7. The first-order chi connectivity index (χ1) is 16.1. The molecular weight excluding hydrogens is 445 g/mol. The Bertz CT molecular complexity index is 801. The lowest BCUT2D eigenvalue weighted by atomic mass is 9.91. The molecule has 1 atom stereocenters. The van der Waals surface area contributed by atoms with E-state index in [2.05, 4.69) is 38.6 Å². The molecule has 1 saturated heterocycles. The molecule has 0 saturated carbocycles. The van der Waals surface area contributed by atoms with E-state index in [1.54, 1.807) is 26.0 Å². The summed E-state index contributed by atoms with van der Waals surface area (Å²) in [5.74, 6) is -0.223. The minimum atomic E-state index is -0.539. The van der Waals surface area contributed by atoms with E-state index in [1.807, 2.05) is 39.8 Å².